The molecule has 1 aliphatic rings. The molecule has 4 aromatic heterocycles. The van der Waals surface area contributed by atoms with Crippen LogP contribution in [0.5, 0.6) is 5.75 Å². The summed E-state index contributed by atoms with van der Waals surface area (Å²) in [5.41, 5.74) is 9.62. The zero-order chi connectivity index (χ0) is 31.1. The van der Waals surface area contributed by atoms with Crippen molar-refractivity contribution in [3.8, 4) is 34.3 Å². The first-order valence-electron chi connectivity index (χ1n) is 14.4. The number of nitrogens with zero attached hydrogens (tertiary/aromatic N) is 7. The summed E-state index contributed by atoms with van der Waals surface area (Å²) in [5, 5.41) is 3.20. The van der Waals surface area contributed by atoms with Gasteiger partial charge in [-0.15, -0.1) is 0 Å². The van der Waals surface area contributed by atoms with Crippen LogP contribution in [0.25, 0.3) is 39.8 Å². The number of imidazole rings is 1. The Morgan fingerprint density at radius 1 is 0.978 bits per heavy atom. The van der Waals surface area contributed by atoms with Crippen LogP contribution < -0.4 is 26.6 Å². The molecule has 6 aromatic rings. The Morgan fingerprint density at radius 3 is 2.49 bits per heavy atom. The van der Waals surface area contributed by atoms with Crippen LogP contribution in [-0.2, 0) is 6.54 Å². The molecular weight excluding hydrogens is 577 g/mol. The number of pyridine rings is 2. The second-order valence-electron chi connectivity index (χ2n) is 10.9. The molecular formula is C32H28FN9O3. The molecule has 1 saturated heterocycles. The van der Waals surface area contributed by atoms with Gasteiger partial charge in [-0.05, 0) is 54.8 Å². The average Bonchev–Trinajstić information content (AvgIpc) is 3.44. The van der Waals surface area contributed by atoms with E-state index in [-0.39, 0.29) is 11.8 Å². The molecule has 7 rings (SSSR count). The van der Waals surface area contributed by atoms with E-state index in [9.17, 15) is 14.0 Å². The Bertz CT molecular complexity index is 2080. The second kappa shape index (κ2) is 11.5. The minimum absolute atomic E-state index is 0.102. The second-order valence-corrected chi connectivity index (χ2v) is 10.9. The molecule has 0 aliphatic carbocycles. The number of piperidine rings is 1. The standard InChI is InChI=1S/C32H28FN9O3/c1-45-28-25(26(43)27(28)44)38-20-10-13-41(14-11-20)17-18-4-7-21(8-5-18)42-31(22-3-2-12-35-29(22)34)39-24-16-37-30(40-32(24)42)23-9-6-19(33)15-36-23/h2-9,12,15-16,20,38H,10-11,13-14,17H2,1H3,(H2,34,35). The first-order chi connectivity index (χ1) is 21.9. The van der Waals surface area contributed by atoms with E-state index < -0.39 is 16.7 Å². The predicted octanol–water partition coefficient (Wildman–Crippen LogP) is 3.34. The number of fused-ring (bicyclic) bond motifs is 1. The number of benzene rings is 1. The smallest absolute Gasteiger partial charge is 0.271 e. The fraction of sp³-hybridized carbons (Fsp3) is 0.219. The Morgan fingerprint density at radius 2 is 1.78 bits per heavy atom. The van der Waals surface area contributed by atoms with E-state index in [4.69, 9.17) is 20.4 Å². The molecule has 12 nitrogen and oxygen atoms in total. The topological polar surface area (TPSA) is 154 Å². The Balaban J connectivity index is 1.14. The number of aromatic nitrogens is 6. The van der Waals surface area contributed by atoms with Crippen LogP contribution in [0.3, 0.4) is 0 Å². The van der Waals surface area contributed by atoms with E-state index in [2.05, 4.69) is 37.3 Å². The molecule has 0 bridgehead atoms. The third-order valence-electron chi connectivity index (χ3n) is 8.04. The van der Waals surface area contributed by atoms with Crippen molar-refractivity contribution in [2.45, 2.75) is 25.4 Å². The molecule has 2 aromatic carbocycles. The van der Waals surface area contributed by atoms with Gasteiger partial charge in [-0.25, -0.2) is 29.3 Å². The number of halogens is 1. The number of ether oxygens (including phenoxy) is 1. The van der Waals surface area contributed by atoms with Crippen molar-refractivity contribution < 1.29 is 9.13 Å². The van der Waals surface area contributed by atoms with Crippen LogP contribution in [0.4, 0.5) is 15.9 Å². The largest absolute Gasteiger partial charge is 0.491 e. The summed E-state index contributed by atoms with van der Waals surface area (Å²) in [7, 11) is 1.40. The maximum atomic E-state index is 13.5. The maximum absolute atomic E-state index is 13.5. The number of anilines is 2. The van der Waals surface area contributed by atoms with Crippen LogP contribution in [0.2, 0.25) is 0 Å². The number of rotatable bonds is 8. The Kier molecular flexibility index (Phi) is 7.22. The van der Waals surface area contributed by atoms with Crippen LogP contribution >= 0.6 is 0 Å². The molecule has 0 spiro atoms. The van der Waals surface area contributed by atoms with Gasteiger partial charge in [0, 0.05) is 37.6 Å². The number of nitrogen functional groups attached to an aromatic ring is 1. The highest BCUT2D eigenvalue weighted by Gasteiger charge is 2.27. The average molecular weight is 606 g/mol. The summed E-state index contributed by atoms with van der Waals surface area (Å²) in [6, 6.07) is 14.8. The first-order valence-corrected chi connectivity index (χ1v) is 14.4. The number of nitrogens with one attached hydrogen (secondary N) is 1. The van der Waals surface area contributed by atoms with Gasteiger partial charge < -0.3 is 15.8 Å². The molecule has 226 valence electrons. The Labute approximate surface area is 256 Å². The van der Waals surface area contributed by atoms with Crippen LogP contribution in [0, 0.1) is 5.82 Å². The summed E-state index contributed by atoms with van der Waals surface area (Å²) < 4.78 is 20.5. The molecule has 45 heavy (non-hydrogen) atoms. The van der Waals surface area contributed by atoms with E-state index in [1.807, 2.05) is 22.8 Å². The van der Waals surface area contributed by atoms with Gasteiger partial charge in [0.25, 0.3) is 10.9 Å². The van der Waals surface area contributed by atoms with Gasteiger partial charge in [0.1, 0.15) is 28.5 Å². The lowest BCUT2D eigenvalue weighted by molar-refractivity contribution is 0.211. The van der Waals surface area contributed by atoms with Crippen LogP contribution in [-0.4, -0.2) is 60.6 Å². The fourth-order valence-electron chi connectivity index (χ4n) is 5.68. The molecule has 0 amide bonds. The van der Waals surface area contributed by atoms with Gasteiger partial charge in [0.05, 0.1) is 25.1 Å². The zero-order valence-electron chi connectivity index (χ0n) is 24.3. The summed E-state index contributed by atoms with van der Waals surface area (Å²) in [5.74, 6) is 0.917. The SMILES string of the molecule is COc1c(NC2CCN(Cc3ccc(-n4c(-c5cccnc5N)nc5cnc(-c6ccc(F)cn6)nc54)cc3)CC2)c(=O)c1=O. The normalized spacial score (nSPS) is 14.3. The monoisotopic (exact) mass is 605 g/mol. The number of hydrogen-bond donors (Lipinski definition) is 2. The van der Waals surface area contributed by atoms with Crippen molar-refractivity contribution in [2.24, 2.45) is 0 Å². The van der Waals surface area contributed by atoms with E-state index in [0.29, 0.717) is 45.6 Å². The Hall–Kier alpha value is -5.56. The summed E-state index contributed by atoms with van der Waals surface area (Å²) in [6.45, 7) is 2.43. The molecule has 0 atom stereocenters. The quantitative estimate of drug-likeness (QED) is 0.246. The third kappa shape index (κ3) is 5.27. The maximum Gasteiger partial charge on any atom is 0.271 e. The number of nitrogens with two attached hydrogens (primary N) is 1. The minimum Gasteiger partial charge on any atom is -0.491 e. The lowest BCUT2D eigenvalue weighted by Gasteiger charge is -2.33. The van der Waals surface area contributed by atoms with Gasteiger partial charge in [-0.1, -0.05) is 12.1 Å². The van der Waals surface area contributed by atoms with Gasteiger partial charge in [-0.3, -0.25) is 19.1 Å². The van der Waals surface area contributed by atoms with Crippen molar-refractivity contribution in [3.63, 3.8) is 0 Å². The third-order valence-corrected chi connectivity index (χ3v) is 8.04. The van der Waals surface area contributed by atoms with Gasteiger partial charge in [0.15, 0.2) is 23.0 Å². The van der Waals surface area contributed by atoms with Crippen molar-refractivity contribution in [3.05, 3.63) is 98.9 Å². The van der Waals surface area contributed by atoms with E-state index in [0.717, 1.165) is 49.9 Å². The van der Waals surface area contributed by atoms with Crippen molar-refractivity contribution in [1.29, 1.82) is 0 Å². The van der Waals surface area contributed by atoms with Crippen molar-refractivity contribution in [2.75, 3.05) is 31.2 Å². The van der Waals surface area contributed by atoms with E-state index >= 15 is 0 Å². The highest BCUT2D eigenvalue weighted by Crippen LogP contribution is 2.31. The van der Waals surface area contributed by atoms with Gasteiger partial charge in [0.2, 0.25) is 0 Å². The van der Waals surface area contributed by atoms with Crippen molar-refractivity contribution in [1.82, 2.24) is 34.4 Å². The molecule has 5 heterocycles. The number of methoxy groups -OCH3 is 1. The summed E-state index contributed by atoms with van der Waals surface area (Å²) in [6.07, 6.45) is 6.04. The highest BCUT2D eigenvalue weighted by molar-refractivity contribution is 5.83. The van der Waals surface area contributed by atoms with Gasteiger partial charge >= 0.3 is 0 Å². The molecule has 1 fully saturated rings. The highest BCUT2D eigenvalue weighted by atomic mass is 19.1. The molecule has 13 heteroatoms. The minimum atomic E-state index is -0.571. The molecule has 1 aliphatic heterocycles. The molecule has 3 N–H and O–H groups in total. The first kappa shape index (κ1) is 28.2. The molecule has 0 saturated carbocycles. The predicted molar refractivity (Wildman–Crippen MR) is 167 cm³/mol. The lowest BCUT2D eigenvalue weighted by atomic mass is 10.0. The summed E-state index contributed by atoms with van der Waals surface area (Å²) in [4.78, 5) is 48.3. The van der Waals surface area contributed by atoms with Crippen LogP contribution in [0.15, 0.2) is 76.7 Å². The molecule has 0 unspecified atom stereocenters. The summed E-state index contributed by atoms with van der Waals surface area (Å²) >= 11 is 0. The lowest BCUT2D eigenvalue weighted by Crippen LogP contribution is -2.42. The van der Waals surface area contributed by atoms with Crippen molar-refractivity contribution >= 4 is 22.7 Å². The zero-order valence-corrected chi connectivity index (χ0v) is 24.3. The van der Waals surface area contributed by atoms with Crippen LogP contribution in [0.1, 0.15) is 18.4 Å². The fourth-order valence-corrected chi connectivity index (χ4v) is 5.68. The number of hydrogen-bond acceptors (Lipinski definition) is 11. The number of likely N-dealkylation sites (tertiary alicyclic amines) is 1. The van der Waals surface area contributed by atoms with Gasteiger partial charge in [-0.2, -0.15) is 0 Å². The molecule has 0 radical (unpaired) electrons. The van der Waals surface area contributed by atoms with E-state index in [1.54, 1.807) is 18.5 Å². The van der Waals surface area contributed by atoms with E-state index in [1.165, 1.54) is 19.2 Å².